The van der Waals surface area contributed by atoms with Crippen molar-refractivity contribution in [1.29, 1.82) is 0 Å². The van der Waals surface area contributed by atoms with Crippen molar-refractivity contribution in [3.63, 3.8) is 0 Å². The Kier molecular flexibility index (Phi) is 4.79. The van der Waals surface area contributed by atoms with Crippen LogP contribution in [0.4, 0.5) is 0 Å². The maximum absolute atomic E-state index is 10.6. The minimum atomic E-state index is -0.793. The average molecular weight is 292 g/mol. The van der Waals surface area contributed by atoms with Gasteiger partial charge >= 0.3 is 5.97 Å². The zero-order chi connectivity index (χ0) is 14.5. The molecule has 0 bridgehead atoms. The van der Waals surface area contributed by atoms with Crippen molar-refractivity contribution in [3.05, 3.63) is 35.7 Å². The fourth-order valence-electron chi connectivity index (χ4n) is 1.65. The summed E-state index contributed by atoms with van der Waals surface area (Å²) in [6.45, 7) is 3.89. The lowest BCUT2D eigenvalue weighted by Crippen LogP contribution is -2.06. The van der Waals surface area contributed by atoms with E-state index in [1.54, 1.807) is 0 Å². The van der Waals surface area contributed by atoms with Crippen molar-refractivity contribution in [2.75, 3.05) is 0 Å². The van der Waals surface area contributed by atoms with E-state index >= 15 is 0 Å². The van der Waals surface area contributed by atoms with E-state index < -0.39 is 5.97 Å². The maximum Gasteiger partial charge on any atom is 0.304 e. The van der Waals surface area contributed by atoms with E-state index in [4.69, 9.17) is 9.63 Å². The van der Waals surface area contributed by atoms with E-state index in [-0.39, 0.29) is 11.7 Å². The van der Waals surface area contributed by atoms with Crippen molar-refractivity contribution >= 4 is 17.7 Å². The summed E-state index contributed by atoms with van der Waals surface area (Å²) in [5.41, 5.74) is 2.06. The minimum Gasteiger partial charge on any atom is -0.481 e. The van der Waals surface area contributed by atoms with Crippen LogP contribution in [-0.4, -0.2) is 26.5 Å². The maximum atomic E-state index is 10.6. The van der Waals surface area contributed by atoms with Crippen molar-refractivity contribution in [3.8, 4) is 11.5 Å². The second-order valence-electron chi connectivity index (χ2n) is 4.60. The molecule has 0 saturated carbocycles. The molecule has 1 unspecified atom stereocenters. The number of carboxylic acids is 1. The summed E-state index contributed by atoms with van der Waals surface area (Å²) in [7, 11) is 0. The molecule has 0 fully saturated rings. The Balaban J connectivity index is 1.95. The highest BCUT2D eigenvalue weighted by molar-refractivity contribution is 7.99. The molecule has 0 aliphatic heterocycles. The second kappa shape index (κ2) is 6.56. The smallest absolute Gasteiger partial charge is 0.304 e. The number of hydrogen-bond acceptors (Lipinski definition) is 5. The van der Waals surface area contributed by atoms with Gasteiger partial charge in [0.1, 0.15) is 0 Å². The summed E-state index contributed by atoms with van der Waals surface area (Å²) in [5, 5.41) is 12.6. The number of aliphatic carboxylic acids is 1. The molecule has 1 aromatic carbocycles. The Morgan fingerprint density at radius 2 is 2.10 bits per heavy atom. The predicted octanol–water partition coefficient (Wildman–Crippen LogP) is 3.14. The molecule has 5 nitrogen and oxygen atoms in total. The van der Waals surface area contributed by atoms with Gasteiger partial charge in [-0.15, -0.1) is 11.8 Å². The van der Waals surface area contributed by atoms with Gasteiger partial charge in [-0.3, -0.25) is 4.79 Å². The highest BCUT2D eigenvalue weighted by Crippen LogP contribution is 2.22. The largest absolute Gasteiger partial charge is 0.481 e. The Morgan fingerprint density at radius 3 is 2.75 bits per heavy atom. The first-order valence-electron chi connectivity index (χ1n) is 6.27. The number of hydrogen-bond donors (Lipinski definition) is 1. The van der Waals surface area contributed by atoms with Crippen LogP contribution in [0.15, 0.2) is 28.8 Å². The SMILES string of the molecule is Cc1ccc(-c2nc(CSC(C)CC(=O)O)no2)cc1. The number of carboxylic acid groups (broad SMARTS) is 1. The van der Waals surface area contributed by atoms with Crippen LogP contribution >= 0.6 is 11.8 Å². The Labute approximate surface area is 121 Å². The summed E-state index contributed by atoms with van der Waals surface area (Å²) in [5.74, 6) is 0.830. The zero-order valence-corrected chi connectivity index (χ0v) is 12.2. The lowest BCUT2D eigenvalue weighted by molar-refractivity contribution is -0.136. The Hall–Kier alpha value is -1.82. The summed E-state index contributed by atoms with van der Waals surface area (Å²) in [4.78, 5) is 14.9. The fourth-order valence-corrected chi connectivity index (χ4v) is 2.46. The van der Waals surface area contributed by atoms with Gasteiger partial charge < -0.3 is 9.63 Å². The van der Waals surface area contributed by atoms with Gasteiger partial charge in [-0.1, -0.05) is 29.8 Å². The normalized spacial score (nSPS) is 12.3. The zero-order valence-electron chi connectivity index (χ0n) is 11.4. The molecule has 0 aliphatic rings. The van der Waals surface area contributed by atoms with E-state index in [1.807, 2.05) is 38.1 Å². The van der Waals surface area contributed by atoms with Crippen molar-refractivity contribution < 1.29 is 14.4 Å². The molecule has 0 saturated heterocycles. The fraction of sp³-hybridized carbons (Fsp3) is 0.357. The Bertz CT molecular complexity index is 580. The van der Waals surface area contributed by atoms with Crippen molar-refractivity contribution in [1.82, 2.24) is 10.1 Å². The number of aryl methyl sites for hydroxylation is 1. The third-order valence-electron chi connectivity index (χ3n) is 2.73. The molecule has 1 atom stereocenters. The van der Waals surface area contributed by atoms with Crippen molar-refractivity contribution in [2.24, 2.45) is 0 Å². The summed E-state index contributed by atoms with van der Waals surface area (Å²) in [6, 6.07) is 7.85. The van der Waals surface area contributed by atoms with Gasteiger partial charge in [0.25, 0.3) is 5.89 Å². The summed E-state index contributed by atoms with van der Waals surface area (Å²) < 4.78 is 5.21. The molecular formula is C14H16N2O3S. The quantitative estimate of drug-likeness (QED) is 0.881. The highest BCUT2D eigenvalue weighted by Gasteiger charge is 2.12. The molecule has 0 amide bonds. The molecule has 20 heavy (non-hydrogen) atoms. The van der Waals surface area contributed by atoms with Gasteiger partial charge in [-0.05, 0) is 19.1 Å². The van der Waals surface area contributed by atoms with Crippen LogP contribution in [-0.2, 0) is 10.5 Å². The number of aromatic nitrogens is 2. The predicted molar refractivity (Wildman–Crippen MR) is 77.5 cm³/mol. The first-order valence-corrected chi connectivity index (χ1v) is 7.32. The topological polar surface area (TPSA) is 76.2 Å². The first-order chi connectivity index (χ1) is 9.54. The second-order valence-corrected chi connectivity index (χ2v) is 6.03. The van der Waals surface area contributed by atoms with Crippen LogP contribution < -0.4 is 0 Å². The lowest BCUT2D eigenvalue weighted by Gasteiger charge is -2.05. The lowest BCUT2D eigenvalue weighted by atomic mass is 10.1. The molecule has 0 aliphatic carbocycles. The van der Waals surface area contributed by atoms with Gasteiger partial charge in [0.05, 0.1) is 12.2 Å². The van der Waals surface area contributed by atoms with Crippen LogP contribution in [0, 0.1) is 6.92 Å². The Morgan fingerprint density at radius 1 is 1.40 bits per heavy atom. The van der Waals surface area contributed by atoms with Gasteiger partial charge in [0, 0.05) is 10.8 Å². The van der Waals surface area contributed by atoms with Crippen LogP contribution in [0.3, 0.4) is 0 Å². The van der Waals surface area contributed by atoms with Crippen LogP contribution in [0.1, 0.15) is 24.7 Å². The number of benzene rings is 1. The minimum absolute atomic E-state index is 0.0221. The highest BCUT2D eigenvalue weighted by atomic mass is 32.2. The van der Waals surface area contributed by atoms with Gasteiger partial charge in [0.15, 0.2) is 5.82 Å². The molecule has 2 aromatic rings. The van der Waals surface area contributed by atoms with E-state index in [1.165, 1.54) is 17.3 Å². The van der Waals surface area contributed by atoms with Gasteiger partial charge in [-0.2, -0.15) is 4.98 Å². The molecule has 0 radical (unpaired) electrons. The monoisotopic (exact) mass is 292 g/mol. The van der Waals surface area contributed by atoms with E-state index in [9.17, 15) is 4.79 Å². The van der Waals surface area contributed by atoms with Crippen LogP contribution in [0.5, 0.6) is 0 Å². The van der Waals surface area contributed by atoms with E-state index in [2.05, 4.69) is 10.1 Å². The van der Waals surface area contributed by atoms with Gasteiger partial charge in [0.2, 0.25) is 0 Å². The molecule has 1 N–H and O–H groups in total. The molecular weight excluding hydrogens is 276 g/mol. The van der Waals surface area contributed by atoms with Crippen molar-refractivity contribution in [2.45, 2.75) is 31.3 Å². The molecule has 2 rings (SSSR count). The third kappa shape index (κ3) is 4.09. The molecule has 106 valence electrons. The molecule has 1 aromatic heterocycles. The average Bonchev–Trinajstić information content (AvgIpc) is 2.85. The molecule has 1 heterocycles. The number of thioether (sulfide) groups is 1. The number of carbonyl (C=O) groups is 1. The van der Waals surface area contributed by atoms with Gasteiger partial charge in [-0.25, -0.2) is 0 Å². The summed E-state index contributed by atoms with van der Waals surface area (Å²) >= 11 is 1.50. The summed E-state index contributed by atoms with van der Waals surface area (Å²) in [6.07, 6.45) is 0.132. The van der Waals surface area contributed by atoms with Crippen LogP contribution in [0.25, 0.3) is 11.5 Å². The standard InChI is InChI=1S/C14H16N2O3S/c1-9-3-5-11(6-4-9)14-15-12(16-19-14)8-20-10(2)7-13(17)18/h3-6,10H,7-8H2,1-2H3,(H,17,18). The van der Waals surface area contributed by atoms with E-state index in [0.29, 0.717) is 17.5 Å². The first kappa shape index (κ1) is 14.6. The van der Waals surface area contributed by atoms with Crippen LogP contribution in [0.2, 0.25) is 0 Å². The third-order valence-corrected chi connectivity index (χ3v) is 3.89. The van der Waals surface area contributed by atoms with E-state index in [0.717, 1.165) is 5.56 Å². The number of nitrogens with zero attached hydrogens (tertiary/aromatic N) is 2. The molecule has 6 heteroatoms. The number of rotatable bonds is 6. The molecule has 0 spiro atoms.